The van der Waals surface area contributed by atoms with Gasteiger partial charge in [0.25, 0.3) is 0 Å². The molecule has 0 radical (unpaired) electrons. The van der Waals surface area contributed by atoms with E-state index in [1.54, 1.807) is 12.0 Å². The average molecular weight is 348 g/mol. The van der Waals surface area contributed by atoms with Crippen molar-refractivity contribution in [3.63, 3.8) is 0 Å². The summed E-state index contributed by atoms with van der Waals surface area (Å²) in [6.07, 6.45) is 3.56. The molecule has 6 heteroatoms. The highest BCUT2D eigenvalue weighted by molar-refractivity contribution is 5.75. The molecule has 0 aromatic heterocycles. The summed E-state index contributed by atoms with van der Waals surface area (Å²) in [5, 5.41) is 12.2. The Hall–Kier alpha value is -2.08. The number of ether oxygens (including phenoxy) is 1. The molecule has 2 N–H and O–H groups in total. The van der Waals surface area contributed by atoms with Crippen molar-refractivity contribution in [2.24, 2.45) is 5.92 Å². The van der Waals surface area contributed by atoms with Crippen molar-refractivity contribution in [1.29, 1.82) is 0 Å². The van der Waals surface area contributed by atoms with Crippen LogP contribution in [0.25, 0.3) is 0 Å². The summed E-state index contributed by atoms with van der Waals surface area (Å²) >= 11 is 0. The number of nitrogens with zero attached hydrogens (tertiary/aromatic N) is 1. The van der Waals surface area contributed by atoms with Crippen molar-refractivity contribution in [3.05, 3.63) is 35.9 Å². The van der Waals surface area contributed by atoms with Gasteiger partial charge in [-0.2, -0.15) is 0 Å². The van der Waals surface area contributed by atoms with E-state index >= 15 is 0 Å². The number of carbonyl (C=O) groups excluding carboxylic acids is 1. The Labute approximate surface area is 149 Å². The van der Waals surface area contributed by atoms with Gasteiger partial charge in [-0.1, -0.05) is 30.3 Å². The van der Waals surface area contributed by atoms with Gasteiger partial charge in [-0.15, -0.1) is 0 Å². The predicted octanol–water partition coefficient (Wildman–Crippen LogP) is 2.53. The molecular formula is C19H28N2O4. The molecule has 1 aliphatic rings. The molecule has 6 nitrogen and oxygen atoms in total. The van der Waals surface area contributed by atoms with E-state index in [0.29, 0.717) is 32.5 Å². The zero-order chi connectivity index (χ0) is 18.1. The summed E-state index contributed by atoms with van der Waals surface area (Å²) in [7, 11) is 1.68. The van der Waals surface area contributed by atoms with Crippen molar-refractivity contribution in [2.45, 2.75) is 38.1 Å². The molecule has 0 bridgehead atoms. The summed E-state index contributed by atoms with van der Waals surface area (Å²) in [4.78, 5) is 25.3. The second-order valence-corrected chi connectivity index (χ2v) is 6.57. The number of carbonyl (C=O) groups is 2. The van der Waals surface area contributed by atoms with Gasteiger partial charge in [-0.25, -0.2) is 4.79 Å². The summed E-state index contributed by atoms with van der Waals surface area (Å²) in [6, 6.07) is 10.1. The lowest BCUT2D eigenvalue weighted by Gasteiger charge is -2.32. The van der Waals surface area contributed by atoms with Crippen LogP contribution in [0.5, 0.6) is 0 Å². The summed E-state index contributed by atoms with van der Waals surface area (Å²) in [5.41, 5.74) is 1.19. The van der Waals surface area contributed by atoms with Crippen LogP contribution in [0.1, 0.15) is 31.2 Å². The molecule has 1 atom stereocenters. The van der Waals surface area contributed by atoms with Gasteiger partial charge in [0, 0.05) is 32.8 Å². The van der Waals surface area contributed by atoms with Crippen LogP contribution < -0.4 is 5.32 Å². The largest absolute Gasteiger partial charge is 0.481 e. The Kier molecular flexibility index (Phi) is 7.73. The fourth-order valence-electron chi connectivity index (χ4n) is 3.19. The van der Waals surface area contributed by atoms with Crippen LogP contribution in [0.15, 0.2) is 30.3 Å². The number of methoxy groups -OCH3 is 1. The Balaban J connectivity index is 1.88. The van der Waals surface area contributed by atoms with Gasteiger partial charge >= 0.3 is 12.0 Å². The Morgan fingerprint density at radius 1 is 1.28 bits per heavy atom. The maximum Gasteiger partial charge on any atom is 0.317 e. The summed E-state index contributed by atoms with van der Waals surface area (Å²) in [5.74, 6) is -1.09. The number of amides is 2. The summed E-state index contributed by atoms with van der Waals surface area (Å²) < 4.78 is 5.12. The molecule has 0 aliphatic carbocycles. The van der Waals surface area contributed by atoms with Gasteiger partial charge in [0.1, 0.15) is 0 Å². The smallest absolute Gasteiger partial charge is 0.317 e. The van der Waals surface area contributed by atoms with Crippen LogP contribution in [0.3, 0.4) is 0 Å². The molecule has 1 aromatic rings. The first-order valence-electron chi connectivity index (χ1n) is 8.91. The van der Waals surface area contributed by atoms with Crippen LogP contribution in [0, 0.1) is 5.92 Å². The third kappa shape index (κ3) is 6.38. The number of piperidine rings is 1. The molecular weight excluding hydrogens is 320 g/mol. The highest BCUT2D eigenvalue weighted by Crippen LogP contribution is 2.18. The minimum absolute atomic E-state index is 0.0437. The Morgan fingerprint density at radius 3 is 2.56 bits per heavy atom. The number of aliphatic carboxylic acids is 1. The molecule has 2 amide bonds. The number of hydrogen-bond donors (Lipinski definition) is 2. The van der Waals surface area contributed by atoms with Gasteiger partial charge in [0.05, 0.1) is 5.92 Å². The molecule has 2 rings (SSSR count). The second kappa shape index (κ2) is 10.0. The van der Waals surface area contributed by atoms with Crippen LogP contribution in [0.2, 0.25) is 0 Å². The normalized spacial score (nSPS) is 16.4. The maximum atomic E-state index is 12.5. The zero-order valence-corrected chi connectivity index (χ0v) is 14.8. The van der Waals surface area contributed by atoms with E-state index in [4.69, 9.17) is 9.84 Å². The molecule has 1 fully saturated rings. The highest BCUT2D eigenvalue weighted by Gasteiger charge is 2.27. The van der Waals surface area contributed by atoms with Gasteiger partial charge in [-0.05, 0) is 37.7 Å². The molecule has 138 valence electrons. The van der Waals surface area contributed by atoms with E-state index in [0.717, 1.165) is 19.3 Å². The molecule has 1 unspecified atom stereocenters. The van der Waals surface area contributed by atoms with Crippen LogP contribution in [-0.2, 0) is 16.0 Å². The van der Waals surface area contributed by atoms with E-state index in [9.17, 15) is 9.59 Å². The number of benzene rings is 1. The monoisotopic (exact) mass is 348 g/mol. The van der Waals surface area contributed by atoms with Crippen molar-refractivity contribution >= 4 is 12.0 Å². The molecule has 1 aliphatic heterocycles. The number of carboxylic acids is 1. The zero-order valence-electron chi connectivity index (χ0n) is 14.8. The lowest BCUT2D eigenvalue weighted by atomic mass is 9.97. The molecule has 1 heterocycles. The molecule has 25 heavy (non-hydrogen) atoms. The molecule has 1 aromatic carbocycles. The number of rotatable bonds is 8. The molecule has 0 saturated carbocycles. The molecule has 1 saturated heterocycles. The average Bonchev–Trinajstić information content (AvgIpc) is 2.62. The van der Waals surface area contributed by atoms with E-state index in [2.05, 4.69) is 17.4 Å². The first kappa shape index (κ1) is 19.2. The minimum Gasteiger partial charge on any atom is -0.481 e. The van der Waals surface area contributed by atoms with Crippen molar-refractivity contribution in [3.8, 4) is 0 Å². The van der Waals surface area contributed by atoms with Gasteiger partial charge in [-0.3, -0.25) is 4.79 Å². The standard InChI is InChI=1S/C19H28N2O4/c1-25-13-5-8-17(14-15-6-3-2-4-7-15)20-19(24)21-11-9-16(10-12-21)18(22)23/h2-4,6-7,16-17H,5,8-14H2,1H3,(H,20,24)(H,22,23). The Bertz CT molecular complexity index is 542. The van der Waals surface area contributed by atoms with Crippen LogP contribution in [0.4, 0.5) is 4.79 Å². The number of carboxylic acid groups (broad SMARTS) is 1. The van der Waals surface area contributed by atoms with E-state index in [1.807, 2.05) is 18.2 Å². The van der Waals surface area contributed by atoms with Crippen molar-refractivity contribution < 1.29 is 19.4 Å². The topological polar surface area (TPSA) is 78.9 Å². The van der Waals surface area contributed by atoms with E-state index in [-0.39, 0.29) is 18.0 Å². The third-order valence-corrected chi connectivity index (χ3v) is 4.68. The van der Waals surface area contributed by atoms with Gasteiger partial charge < -0.3 is 20.1 Å². The van der Waals surface area contributed by atoms with Gasteiger partial charge in [0.15, 0.2) is 0 Å². The molecule has 0 spiro atoms. The van der Waals surface area contributed by atoms with Crippen molar-refractivity contribution in [1.82, 2.24) is 10.2 Å². The lowest BCUT2D eigenvalue weighted by molar-refractivity contribution is -0.143. The van der Waals surface area contributed by atoms with Gasteiger partial charge in [0.2, 0.25) is 0 Å². The fraction of sp³-hybridized carbons (Fsp3) is 0.579. The number of hydrogen-bond acceptors (Lipinski definition) is 3. The first-order valence-corrected chi connectivity index (χ1v) is 8.91. The van der Waals surface area contributed by atoms with E-state index < -0.39 is 5.97 Å². The fourth-order valence-corrected chi connectivity index (χ4v) is 3.19. The quantitative estimate of drug-likeness (QED) is 0.708. The summed E-state index contributed by atoms with van der Waals surface area (Å²) in [6.45, 7) is 1.67. The number of urea groups is 1. The van der Waals surface area contributed by atoms with Crippen LogP contribution >= 0.6 is 0 Å². The highest BCUT2D eigenvalue weighted by atomic mass is 16.5. The van der Waals surface area contributed by atoms with Crippen LogP contribution in [-0.4, -0.2) is 54.9 Å². The van der Waals surface area contributed by atoms with E-state index in [1.165, 1.54) is 5.56 Å². The minimum atomic E-state index is -0.762. The lowest BCUT2D eigenvalue weighted by Crippen LogP contribution is -2.49. The van der Waals surface area contributed by atoms with Crippen molar-refractivity contribution in [2.75, 3.05) is 26.8 Å². The SMILES string of the molecule is COCCCC(Cc1ccccc1)NC(=O)N1CCC(C(=O)O)CC1. The third-order valence-electron chi connectivity index (χ3n) is 4.68. The first-order chi connectivity index (χ1) is 12.1. The maximum absolute atomic E-state index is 12.5. The number of nitrogens with one attached hydrogen (secondary N) is 1. The second-order valence-electron chi connectivity index (χ2n) is 6.57. The predicted molar refractivity (Wildman–Crippen MR) is 95.5 cm³/mol. The Morgan fingerprint density at radius 2 is 1.96 bits per heavy atom. The number of likely N-dealkylation sites (tertiary alicyclic amines) is 1.